The van der Waals surface area contributed by atoms with Crippen LogP contribution < -0.4 is 5.32 Å². The van der Waals surface area contributed by atoms with Gasteiger partial charge in [-0.3, -0.25) is 4.79 Å². The fourth-order valence-electron chi connectivity index (χ4n) is 1.56. The molecule has 0 fully saturated rings. The Morgan fingerprint density at radius 3 is 2.39 bits per heavy atom. The van der Waals surface area contributed by atoms with Gasteiger partial charge in [-0.1, -0.05) is 13.3 Å². The summed E-state index contributed by atoms with van der Waals surface area (Å²) in [5.41, 5.74) is -0.202. The minimum atomic E-state index is -0.944. The van der Waals surface area contributed by atoms with E-state index < -0.39 is 17.5 Å². The minimum absolute atomic E-state index is 0.00973. The third-order valence-corrected chi connectivity index (χ3v) is 2.56. The molecule has 1 amide bonds. The molecule has 0 aromatic heterocycles. The van der Waals surface area contributed by atoms with Gasteiger partial charge < -0.3 is 5.32 Å². The lowest BCUT2D eigenvalue weighted by Crippen LogP contribution is -2.25. The van der Waals surface area contributed by atoms with Crippen molar-refractivity contribution in [3.8, 4) is 0 Å². The van der Waals surface area contributed by atoms with E-state index in [1.807, 2.05) is 6.92 Å². The maximum absolute atomic E-state index is 13.2. The van der Waals surface area contributed by atoms with Gasteiger partial charge in [0.1, 0.15) is 17.5 Å². The van der Waals surface area contributed by atoms with Crippen molar-refractivity contribution >= 4 is 5.91 Å². The molecular weight excluding hydrogens is 243 g/mol. The van der Waals surface area contributed by atoms with E-state index in [1.54, 1.807) is 0 Å². The lowest BCUT2D eigenvalue weighted by Gasteiger charge is -2.07. The van der Waals surface area contributed by atoms with Gasteiger partial charge in [-0.15, -0.1) is 0 Å². The van der Waals surface area contributed by atoms with Crippen molar-refractivity contribution in [2.24, 2.45) is 0 Å². The van der Waals surface area contributed by atoms with E-state index in [2.05, 4.69) is 5.32 Å². The van der Waals surface area contributed by atoms with Crippen LogP contribution in [0.25, 0.3) is 0 Å². The molecule has 0 radical (unpaired) electrons. The molecule has 1 aromatic carbocycles. The molecule has 0 aliphatic heterocycles. The molecule has 2 nitrogen and oxygen atoms in total. The first kappa shape index (κ1) is 14.5. The Labute approximate surface area is 104 Å². The molecule has 0 unspecified atom stereocenters. The first-order valence-electron chi connectivity index (χ1n) is 5.94. The van der Waals surface area contributed by atoms with Crippen molar-refractivity contribution in [1.82, 2.24) is 5.32 Å². The predicted octanol–water partition coefficient (Wildman–Crippen LogP) is 2.95. The van der Waals surface area contributed by atoms with E-state index in [-0.39, 0.29) is 24.4 Å². The molecule has 1 N–H and O–H groups in total. The molecule has 1 aromatic rings. The number of amides is 1. The normalized spacial score (nSPS) is 10.4. The van der Waals surface area contributed by atoms with Crippen molar-refractivity contribution in [3.63, 3.8) is 0 Å². The number of carbonyl (C=O) groups excluding carboxylic acids is 1. The molecule has 0 aliphatic rings. The van der Waals surface area contributed by atoms with Crippen LogP contribution in [-0.2, 0) is 11.2 Å². The van der Waals surface area contributed by atoms with Crippen LogP contribution in [0, 0.1) is 17.5 Å². The highest BCUT2D eigenvalue weighted by molar-refractivity contribution is 5.75. The maximum Gasteiger partial charge on any atom is 0.220 e. The fourth-order valence-corrected chi connectivity index (χ4v) is 1.56. The molecule has 0 heterocycles. The van der Waals surface area contributed by atoms with Crippen LogP contribution in [-0.4, -0.2) is 12.5 Å². The number of benzene rings is 1. The Hall–Kier alpha value is -1.52. The van der Waals surface area contributed by atoms with Crippen LogP contribution >= 0.6 is 0 Å². The van der Waals surface area contributed by atoms with Gasteiger partial charge in [0, 0.05) is 30.7 Å². The van der Waals surface area contributed by atoms with Crippen LogP contribution in [0.3, 0.4) is 0 Å². The van der Waals surface area contributed by atoms with Gasteiger partial charge in [0.05, 0.1) is 0 Å². The maximum atomic E-state index is 13.2. The number of hydrogen-bond acceptors (Lipinski definition) is 1. The number of nitrogens with one attached hydrogen (secondary N) is 1. The summed E-state index contributed by atoms with van der Waals surface area (Å²) in [6.07, 6.45) is 2.11. The molecule has 0 aliphatic carbocycles. The van der Waals surface area contributed by atoms with Crippen molar-refractivity contribution in [3.05, 3.63) is 35.1 Å². The van der Waals surface area contributed by atoms with Crippen LogP contribution in [0.1, 0.15) is 31.7 Å². The Morgan fingerprint density at radius 1 is 1.22 bits per heavy atom. The fraction of sp³-hybridized carbons (Fsp3) is 0.462. The Morgan fingerprint density at radius 2 is 1.83 bits per heavy atom. The lowest BCUT2D eigenvalue weighted by atomic mass is 10.1. The number of halogens is 3. The van der Waals surface area contributed by atoms with Crippen LogP contribution in [0.5, 0.6) is 0 Å². The standard InChI is InChI=1S/C13H16F3NO/c1-2-3-4-13(18)17-6-5-10-11(15)7-9(14)8-12(10)16/h7-8H,2-6H2,1H3,(H,17,18). The summed E-state index contributed by atoms with van der Waals surface area (Å²) in [4.78, 5) is 11.3. The molecule has 0 saturated carbocycles. The van der Waals surface area contributed by atoms with Crippen molar-refractivity contribution in [2.45, 2.75) is 32.6 Å². The predicted molar refractivity (Wildman–Crippen MR) is 62.6 cm³/mol. The average Bonchev–Trinajstić information content (AvgIpc) is 2.29. The van der Waals surface area contributed by atoms with Crippen molar-refractivity contribution in [2.75, 3.05) is 6.54 Å². The third-order valence-electron chi connectivity index (χ3n) is 2.56. The molecule has 0 bridgehead atoms. The van der Waals surface area contributed by atoms with Gasteiger partial charge in [-0.05, 0) is 12.8 Å². The first-order valence-corrected chi connectivity index (χ1v) is 5.94. The monoisotopic (exact) mass is 259 g/mol. The summed E-state index contributed by atoms with van der Waals surface area (Å²) < 4.78 is 39.1. The van der Waals surface area contributed by atoms with Gasteiger partial charge in [0.2, 0.25) is 5.91 Å². The van der Waals surface area contributed by atoms with Crippen LogP contribution in [0.15, 0.2) is 12.1 Å². The summed E-state index contributed by atoms with van der Waals surface area (Å²) in [6.45, 7) is 2.11. The molecule has 0 spiro atoms. The molecule has 0 atom stereocenters. The molecule has 0 saturated heterocycles. The van der Waals surface area contributed by atoms with Crippen LogP contribution in [0.2, 0.25) is 0 Å². The molecular formula is C13H16F3NO. The summed E-state index contributed by atoms with van der Waals surface area (Å²) in [6, 6.07) is 1.27. The van der Waals surface area contributed by atoms with E-state index in [1.165, 1.54) is 0 Å². The van der Waals surface area contributed by atoms with Gasteiger partial charge >= 0.3 is 0 Å². The quantitative estimate of drug-likeness (QED) is 0.836. The van der Waals surface area contributed by atoms with E-state index in [4.69, 9.17) is 0 Å². The Balaban J connectivity index is 2.47. The third kappa shape index (κ3) is 4.39. The number of unbranched alkanes of at least 4 members (excludes halogenated alkanes) is 1. The van der Waals surface area contributed by atoms with Gasteiger partial charge in [0.15, 0.2) is 0 Å². The molecule has 18 heavy (non-hydrogen) atoms. The van der Waals surface area contributed by atoms with E-state index >= 15 is 0 Å². The van der Waals surface area contributed by atoms with Gasteiger partial charge in [-0.2, -0.15) is 0 Å². The molecule has 5 heteroatoms. The Kier molecular flexibility index (Phi) is 5.68. The number of carbonyl (C=O) groups is 1. The molecule has 100 valence electrons. The second kappa shape index (κ2) is 7.03. The van der Waals surface area contributed by atoms with Crippen LogP contribution in [0.4, 0.5) is 13.2 Å². The van der Waals surface area contributed by atoms with E-state index in [0.717, 1.165) is 12.8 Å². The highest BCUT2D eigenvalue weighted by atomic mass is 19.1. The van der Waals surface area contributed by atoms with Crippen molar-refractivity contribution < 1.29 is 18.0 Å². The number of hydrogen-bond donors (Lipinski definition) is 1. The summed E-state index contributed by atoms with van der Waals surface area (Å²) in [5, 5.41) is 2.57. The SMILES string of the molecule is CCCCC(=O)NCCc1c(F)cc(F)cc1F. The Bertz CT molecular complexity index is 398. The topological polar surface area (TPSA) is 29.1 Å². The highest BCUT2D eigenvalue weighted by Gasteiger charge is 2.11. The average molecular weight is 259 g/mol. The summed E-state index contributed by atoms with van der Waals surface area (Å²) in [7, 11) is 0. The van der Waals surface area contributed by atoms with E-state index in [9.17, 15) is 18.0 Å². The smallest absolute Gasteiger partial charge is 0.220 e. The second-order valence-corrected chi connectivity index (χ2v) is 4.05. The minimum Gasteiger partial charge on any atom is -0.356 e. The van der Waals surface area contributed by atoms with Crippen molar-refractivity contribution in [1.29, 1.82) is 0 Å². The molecule has 1 rings (SSSR count). The zero-order chi connectivity index (χ0) is 13.5. The number of rotatable bonds is 6. The zero-order valence-corrected chi connectivity index (χ0v) is 10.2. The first-order chi connectivity index (χ1) is 8.54. The van der Waals surface area contributed by atoms with Gasteiger partial charge in [-0.25, -0.2) is 13.2 Å². The van der Waals surface area contributed by atoms with Gasteiger partial charge in [0.25, 0.3) is 0 Å². The lowest BCUT2D eigenvalue weighted by molar-refractivity contribution is -0.121. The second-order valence-electron chi connectivity index (χ2n) is 4.05. The summed E-state index contributed by atoms with van der Waals surface area (Å²) >= 11 is 0. The highest BCUT2D eigenvalue weighted by Crippen LogP contribution is 2.14. The van der Waals surface area contributed by atoms with E-state index in [0.29, 0.717) is 18.6 Å². The summed E-state index contributed by atoms with van der Waals surface area (Å²) in [5.74, 6) is -2.92. The zero-order valence-electron chi connectivity index (χ0n) is 10.2. The largest absolute Gasteiger partial charge is 0.356 e.